The summed E-state index contributed by atoms with van der Waals surface area (Å²) >= 11 is 0. The van der Waals surface area contributed by atoms with Crippen LogP contribution in [0.4, 0.5) is 0 Å². The monoisotopic (exact) mass is 472 g/mol. The van der Waals surface area contributed by atoms with Crippen LogP contribution in [-0.4, -0.2) is 33.5 Å². The van der Waals surface area contributed by atoms with Crippen molar-refractivity contribution in [1.29, 1.82) is 0 Å². The van der Waals surface area contributed by atoms with Crippen LogP contribution in [0.5, 0.6) is 0 Å². The van der Waals surface area contributed by atoms with Gasteiger partial charge in [0.2, 0.25) is 0 Å². The van der Waals surface area contributed by atoms with E-state index in [-0.39, 0.29) is 22.5 Å². The summed E-state index contributed by atoms with van der Waals surface area (Å²) in [4.78, 5) is 11.2. The van der Waals surface area contributed by atoms with E-state index in [4.69, 9.17) is 0 Å². The predicted molar refractivity (Wildman–Crippen MR) is 134 cm³/mol. The lowest BCUT2D eigenvalue weighted by atomic mass is 9.41. The van der Waals surface area contributed by atoms with Crippen LogP contribution in [0.25, 0.3) is 0 Å². The fourth-order valence-corrected chi connectivity index (χ4v) is 11.3. The van der Waals surface area contributed by atoms with Crippen LogP contribution >= 0.6 is 0 Å². The van der Waals surface area contributed by atoms with Crippen LogP contribution in [0.15, 0.2) is 11.6 Å². The van der Waals surface area contributed by atoms with Crippen molar-refractivity contribution in [3.05, 3.63) is 11.6 Å². The molecule has 0 saturated heterocycles. The number of hydrogen-bond donors (Lipinski definition) is 3. The van der Waals surface area contributed by atoms with Crippen LogP contribution in [0.1, 0.15) is 106 Å². The van der Waals surface area contributed by atoms with E-state index in [9.17, 15) is 20.1 Å². The Kier molecular flexibility index (Phi) is 5.52. The Hall–Kier alpha value is -0.870. The summed E-state index contributed by atoms with van der Waals surface area (Å²) in [7, 11) is 0. The number of fused-ring (bicyclic) bond motifs is 2. The fourth-order valence-electron chi connectivity index (χ4n) is 11.3. The first-order valence-corrected chi connectivity index (χ1v) is 14.0. The molecule has 0 amide bonds. The van der Waals surface area contributed by atoms with E-state index in [0.29, 0.717) is 40.4 Å². The molecule has 5 saturated carbocycles. The number of carbonyl (C=O) groups is 1. The molecule has 5 fully saturated rings. The Bertz CT molecular complexity index is 892. The van der Waals surface area contributed by atoms with E-state index in [2.05, 4.69) is 34.6 Å². The highest BCUT2D eigenvalue weighted by Crippen LogP contribution is 2.89. The van der Waals surface area contributed by atoms with E-state index in [1.165, 1.54) is 57.4 Å². The van der Waals surface area contributed by atoms with Crippen molar-refractivity contribution < 1.29 is 20.1 Å². The SMILES string of the molecule is C/C(=C/C(O)CC(C)C1CCC2(C)C3CCC4C(C)(C)C(O)CCC45CC35CCC12C)C(=O)O. The Morgan fingerprint density at radius 1 is 0.941 bits per heavy atom. The standard InChI is InChI=1S/C30H48O4/c1-18(15-20(31)16-19(2)25(33)34)21-9-11-28(6)23-8-7-22-26(3,4)24(32)10-12-29(22)17-30(23,29)14-13-27(21,28)5/h16,18,20-24,31-32H,7-15,17H2,1-6H3,(H,33,34)/b19-16-. The lowest BCUT2D eigenvalue weighted by Crippen LogP contribution is -2.57. The molecule has 2 spiro atoms. The summed E-state index contributed by atoms with van der Waals surface area (Å²) in [6.45, 7) is 13.7. The molecular weight excluding hydrogens is 424 g/mol. The van der Waals surface area contributed by atoms with Gasteiger partial charge in [0.1, 0.15) is 0 Å². The molecule has 0 aromatic carbocycles. The highest BCUT2D eigenvalue weighted by Gasteiger charge is 2.82. The van der Waals surface area contributed by atoms with Crippen molar-refractivity contribution in [2.24, 2.45) is 50.7 Å². The van der Waals surface area contributed by atoms with Gasteiger partial charge in [0.15, 0.2) is 0 Å². The predicted octanol–water partition coefficient (Wildman–Crippen LogP) is 6.20. The zero-order chi connectivity index (χ0) is 24.9. The molecule has 0 aliphatic heterocycles. The smallest absolute Gasteiger partial charge is 0.331 e. The van der Waals surface area contributed by atoms with Crippen LogP contribution in [0.2, 0.25) is 0 Å². The van der Waals surface area contributed by atoms with E-state index in [0.717, 1.165) is 12.3 Å². The zero-order valence-electron chi connectivity index (χ0n) is 22.4. The Morgan fingerprint density at radius 3 is 2.26 bits per heavy atom. The molecule has 34 heavy (non-hydrogen) atoms. The van der Waals surface area contributed by atoms with Crippen LogP contribution in [0, 0.1) is 50.7 Å². The number of rotatable bonds is 5. The van der Waals surface area contributed by atoms with Gasteiger partial charge in [0.25, 0.3) is 0 Å². The largest absolute Gasteiger partial charge is 0.478 e. The van der Waals surface area contributed by atoms with E-state index in [1.807, 2.05) is 0 Å². The molecule has 10 unspecified atom stereocenters. The highest BCUT2D eigenvalue weighted by molar-refractivity contribution is 5.85. The summed E-state index contributed by atoms with van der Waals surface area (Å²) < 4.78 is 0. The van der Waals surface area contributed by atoms with Gasteiger partial charge < -0.3 is 15.3 Å². The van der Waals surface area contributed by atoms with Gasteiger partial charge >= 0.3 is 5.97 Å². The Morgan fingerprint density at radius 2 is 1.59 bits per heavy atom. The molecule has 4 nitrogen and oxygen atoms in total. The number of carboxylic acid groups (broad SMARTS) is 1. The molecule has 5 aliphatic carbocycles. The average molecular weight is 473 g/mol. The molecule has 0 aromatic rings. The van der Waals surface area contributed by atoms with Crippen molar-refractivity contribution >= 4 is 5.97 Å². The minimum absolute atomic E-state index is 0.0405. The van der Waals surface area contributed by atoms with Gasteiger partial charge in [-0.1, -0.05) is 34.6 Å². The molecule has 5 rings (SSSR count). The van der Waals surface area contributed by atoms with E-state index in [1.54, 1.807) is 6.92 Å². The third-order valence-corrected chi connectivity index (χ3v) is 13.2. The summed E-state index contributed by atoms with van der Waals surface area (Å²) in [5.41, 5.74) is 1.88. The van der Waals surface area contributed by atoms with Gasteiger partial charge in [0.05, 0.1) is 12.2 Å². The second-order valence-electron chi connectivity index (χ2n) is 14.5. The second kappa shape index (κ2) is 7.57. The molecule has 0 heterocycles. The number of carboxylic acids is 1. The van der Waals surface area contributed by atoms with Crippen molar-refractivity contribution in [3.8, 4) is 0 Å². The first-order valence-electron chi connectivity index (χ1n) is 14.0. The maximum Gasteiger partial charge on any atom is 0.331 e. The lowest BCUT2D eigenvalue weighted by molar-refractivity contribution is -0.162. The van der Waals surface area contributed by atoms with E-state index < -0.39 is 12.1 Å². The summed E-state index contributed by atoms with van der Waals surface area (Å²) in [5.74, 6) is 1.47. The van der Waals surface area contributed by atoms with Crippen molar-refractivity contribution in [3.63, 3.8) is 0 Å². The maximum absolute atomic E-state index is 11.2. The normalized spacial score (nSPS) is 50.9. The zero-order valence-corrected chi connectivity index (χ0v) is 22.4. The number of aliphatic carboxylic acids is 1. The topological polar surface area (TPSA) is 77.8 Å². The molecule has 4 heteroatoms. The fraction of sp³-hybridized carbons (Fsp3) is 0.900. The van der Waals surface area contributed by atoms with Gasteiger partial charge in [-0.05, 0) is 128 Å². The van der Waals surface area contributed by atoms with Gasteiger partial charge in [-0.3, -0.25) is 0 Å². The summed E-state index contributed by atoms with van der Waals surface area (Å²) in [6.07, 6.45) is 12.7. The number of hydrogen-bond acceptors (Lipinski definition) is 3. The van der Waals surface area contributed by atoms with Crippen LogP contribution in [0.3, 0.4) is 0 Å². The number of aliphatic hydroxyl groups excluding tert-OH is 2. The maximum atomic E-state index is 11.2. The molecule has 192 valence electrons. The first-order chi connectivity index (χ1) is 15.8. The Labute approximate surface area is 206 Å². The van der Waals surface area contributed by atoms with Crippen molar-refractivity contribution in [1.82, 2.24) is 0 Å². The average Bonchev–Trinajstić information content (AvgIpc) is 3.33. The number of aliphatic hydroxyl groups is 2. The Balaban J connectivity index is 1.38. The molecule has 5 aliphatic rings. The van der Waals surface area contributed by atoms with Crippen molar-refractivity contribution in [2.75, 3.05) is 0 Å². The summed E-state index contributed by atoms with van der Waals surface area (Å²) in [5, 5.41) is 30.6. The quantitative estimate of drug-likeness (QED) is 0.416. The van der Waals surface area contributed by atoms with Crippen LogP contribution < -0.4 is 0 Å². The molecule has 3 N–H and O–H groups in total. The molecule has 0 radical (unpaired) electrons. The van der Waals surface area contributed by atoms with Gasteiger partial charge in [-0.25, -0.2) is 4.79 Å². The highest BCUT2D eigenvalue weighted by atomic mass is 16.4. The third kappa shape index (κ3) is 3.00. The molecule has 10 atom stereocenters. The minimum Gasteiger partial charge on any atom is -0.478 e. The second-order valence-corrected chi connectivity index (χ2v) is 14.5. The van der Waals surface area contributed by atoms with Crippen LogP contribution in [-0.2, 0) is 4.79 Å². The van der Waals surface area contributed by atoms with Gasteiger partial charge in [-0.15, -0.1) is 0 Å². The van der Waals surface area contributed by atoms with Gasteiger partial charge in [-0.2, -0.15) is 0 Å². The first kappa shape index (κ1) is 24.8. The van der Waals surface area contributed by atoms with Gasteiger partial charge in [0, 0.05) is 5.57 Å². The third-order valence-electron chi connectivity index (χ3n) is 13.2. The molecule has 0 aromatic heterocycles. The van der Waals surface area contributed by atoms with Crippen molar-refractivity contribution in [2.45, 2.75) is 118 Å². The minimum atomic E-state index is -0.947. The summed E-state index contributed by atoms with van der Waals surface area (Å²) in [6, 6.07) is 0. The van der Waals surface area contributed by atoms with E-state index >= 15 is 0 Å². The molecule has 0 bridgehead atoms. The lowest BCUT2D eigenvalue weighted by Gasteiger charge is -2.63. The molecular formula is C30H48O4.